The van der Waals surface area contributed by atoms with Crippen molar-refractivity contribution >= 4 is 16.8 Å². The van der Waals surface area contributed by atoms with Crippen molar-refractivity contribution in [2.24, 2.45) is 7.05 Å². The van der Waals surface area contributed by atoms with Gasteiger partial charge in [-0.25, -0.2) is 0 Å². The van der Waals surface area contributed by atoms with Gasteiger partial charge in [0.2, 0.25) is 5.91 Å². The van der Waals surface area contributed by atoms with Crippen molar-refractivity contribution in [2.75, 3.05) is 6.54 Å². The van der Waals surface area contributed by atoms with Gasteiger partial charge in [-0.1, -0.05) is 18.2 Å². The summed E-state index contributed by atoms with van der Waals surface area (Å²) in [4.78, 5) is 15.0. The Hall–Kier alpha value is -2.63. The molecule has 2 aromatic heterocycles. The van der Waals surface area contributed by atoms with Crippen LogP contribution in [0.1, 0.15) is 41.5 Å². The monoisotopic (exact) mass is 337 g/mol. The van der Waals surface area contributed by atoms with E-state index in [9.17, 15) is 4.79 Å². The smallest absolute Gasteiger partial charge is 0.229 e. The molecule has 130 valence electrons. The molecule has 0 saturated carbocycles. The molecule has 25 heavy (non-hydrogen) atoms. The summed E-state index contributed by atoms with van der Waals surface area (Å²) < 4.78 is 1.91. The first kappa shape index (κ1) is 15.9. The van der Waals surface area contributed by atoms with Crippen LogP contribution in [-0.4, -0.2) is 37.3 Å². The molecule has 1 amide bonds. The first-order valence-electron chi connectivity index (χ1n) is 8.78. The van der Waals surface area contributed by atoms with Gasteiger partial charge in [-0.15, -0.1) is 0 Å². The van der Waals surface area contributed by atoms with Gasteiger partial charge in [-0.3, -0.25) is 14.6 Å². The number of nitrogens with zero attached hydrogens (tertiary/aromatic N) is 4. The first-order valence-corrected chi connectivity index (χ1v) is 8.78. The lowest BCUT2D eigenvalue weighted by molar-refractivity contribution is -0.131. The predicted molar refractivity (Wildman–Crippen MR) is 96.2 cm³/mol. The number of nitrogens with one attached hydrogen (secondary N) is 1. The number of hydrogen-bond donors (Lipinski definition) is 1. The molecule has 1 saturated heterocycles. The minimum absolute atomic E-state index is 0.135. The van der Waals surface area contributed by atoms with E-state index in [1.807, 2.05) is 47.8 Å². The third-order valence-corrected chi connectivity index (χ3v) is 5.34. The molecule has 6 heteroatoms. The van der Waals surface area contributed by atoms with Crippen LogP contribution in [0.15, 0.2) is 24.3 Å². The summed E-state index contributed by atoms with van der Waals surface area (Å²) in [7, 11) is 1.96. The lowest BCUT2D eigenvalue weighted by atomic mass is 10.0. The highest BCUT2D eigenvalue weighted by molar-refractivity contribution is 5.87. The maximum absolute atomic E-state index is 13.0. The molecular formula is C19H23N5O. The van der Waals surface area contributed by atoms with Crippen molar-refractivity contribution in [3.8, 4) is 0 Å². The van der Waals surface area contributed by atoms with E-state index in [-0.39, 0.29) is 11.9 Å². The lowest BCUT2D eigenvalue weighted by Gasteiger charge is -2.25. The summed E-state index contributed by atoms with van der Waals surface area (Å²) in [6.07, 6.45) is 2.39. The topological polar surface area (TPSA) is 66.8 Å². The van der Waals surface area contributed by atoms with Crippen molar-refractivity contribution in [1.29, 1.82) is 0 Å². The van der Waals surface area contributed by atoms with Crippen molar-refractivity contribution in [2.45, 2.75) is 39.2 Å². The normalized spacial score (nSPS) is 17.6. The van der Waals surface area contributed by atoms with Gasteiger partial charge in [0.15, 0.2) is 0 Å². The fraction of sp³-hybridized carbons (Fsp3) is 0.421. The van der Waals surface area contributed by atoms with Gasteiger partial charge >= 0.3 is 0 Å². The molecule has 1 atom stereocenters. The van der Waals surface area contributed by atoms with E-state index in [1.165, 1.54) is 5.56 Å². The number of amides is 1. The minimum atomic E-state index is 0.135. The first-order chi connectivity index (χ1) is 12.1. The van der Waals surface area contributed by atoms with Gasteiger partial charge in [-0.05, 0) is 32.8 Å². The number of carbonyl (C=O) groups is 1. The number of H-pyrrole nitrogens is 1. The molecule has 4 rings (SSSR count). The molecule has 0 aliphatic carbocycles. The van der Waals surface area contributed by atoms with Crippen LogP contribution in [0.4, 0.5) is 0 Å². The van der Waals surface area contributed by atoms with Crippen molar-refractivity contribution < 1.29 is 4.79 Å². The van der Waals surface area contributed by atoms with Gasteiger partial charge in [0.1, 0.15) is 0 Å². The number of para-hydroxylation sites is 1. The molecule has 1 aliphatic heterocycles. The van der Waals surface area contributed by atoms with E-state index < -0.39 is 0 Å². The van der Waals surface area contributed by atoms with Crippen LogP contribution in [0.3, 0.4) is 0 Å². The number of aryl methyl sites for hydroxylation is 2. The molecule has 6 nitrogen and oxygen atoms in total. The second kappa shape index (κ2) is 6.02. The number of likely N-dealkylation sites (tertiary alicyclic amines) is 1. The molecule has 0 spiro atoms. The van der Waals surface area contributed by atoms with Crippen molar-refractivity contribution in [3.63, 3.8) is 0 Å². The Labute approximate surface area is 146 Å². The predicted octanol–water partition coefficient (Wildman–Crippen LogP) is 2.82. The van der Waals surface area contributed by atoms with Gasteiger partial charge < -0.3 is 4.90 Å². The van der Waals surface area contributed by atoms with Crippen LogP contribution in [0.25, 0.3) is 10.9 Å². The van der Waals surface area contributed by atoms with E-state index in [0.717, 1.165) is 47.4 Å². The summed E-state index contributed by atoms with van der Waals surface area (Å²) in [6.45, 7) is 4.92. The third kappa shape index (κ3) is 2.62. The Balaban J connectivity index is 1.61. The molecule has 1 aromatic carbocycles. The maximum Gasteiger partial charge on any atom is 0.229 e. The highest BCUT2D eigenvalue weighted by Gasteiger charge is 2.33. The molecule has 1 N–H and O–H groups in total. The quantitative estimate of drug-likeness (QED) is 0.799. The Morgan fingerprint density at radius 2 is 2.12 bits per heavy atom. The van der Waals surface area contributed by atoms with Gasteiger partial charge in [0.05, 0.1) is 29.4 Å². The molecule has 0 unspecified atom stereocenters. The maximum atomic E-state index is 13.0. The molecule has 0 radical (unpaired) electrons. The Morgan fingerprint density at radius 1 is 1.32 bits per heavy atom. The molecule has 1 aliphatic rings. The van der Waals surface area contributed by atoms with Crippen molar-refractivity contribution in [1.82, 2.24) is 24.9 Å². The average molecular weight is 337 g/mol. The Kier molecular flexibility index (Phi) is 3.82. The second-order valence-corrected chi connectivity index (χ2v) is 6.85. The summed E-state index contributed by atoms with van der Waals surface area (Å²) in [5.41, 5.74) is 5.18. The molecule has 0 bridgehead atoms. The van der Waals surface area contributed by atoms with Gasteiger partial charge in [-0.2, -0.15) is 10.2 Å². The number of rotatable bonds is 3. The number of hydrogen-bond acceptors (Lipinski definition) is 3. The van der Waals surface area contributed by atoms with Crippen LogP contribution < -0.4 is 0 Å². The highest BCUT2D eigenvalue weighted by atomic mass is 16.2. The lowest BCUT2D eigenvalue weighted by Crippen LogP contribution is -2.32. The van der Waals surface area contributed by atoms with E-state index >= 15 is 0 Å². The van der Waals surface area contributed by atoms with Crippen LogP contribution in [0.2, 0.25) is 0 Å². The molecule has 3 heterocycles. The zero-order valence-electron chi connectivity index (χ0n) is 14.9. The summed E-state index contributed by atoms with van der Waals surface area (Å²) in [6, 6.07) is 8.04. The zero-order valence-corrected chi connectivity index (χ0v) is 14.9. The van der Waals surface area contributed by atoms with E-state index in [2.05, 4.69) is 22.2 Å². The molecule has 3 aromatic rings. The fourth-order valence-corrected chi connectivity index (χ4v) is 4.04. The number of carbonyl (C=O) groups excluding carboxylic acids is 1. The standard InChI is InChI=1S/C19H23N5O/c1-12-19(13(2)23(3)22-12)17-9-6-10-24(17)18(25)11-16-14-7-4-5-8-15(14)20-21-16/h4-5,7-8,17H,6,9-11H2,1-3H3,(H,20,21)/t17-/m1/s1. The number of benzene rings is 1. The number of fused-ring (bicyclic) bond motifs is 1. The molecule has 1 fully saturated rings. The SMILES string of the molecule is Cc1nn(C)c(C)c1[C@H]1CCCN1C(=O)Cc1[nH]nc2ccccc12. The van der Waals surface area contributed by atoms with Crippen molar-refractivity contribution in [3.05, 3.63) is 46.9 Å². The Bertz CT molecular complexity index is 939. The number of aromatic nitrogens is 4. The summed E-state index contributed by atoms with van der Waals surface area (Å²) in [5.74, 6) is 0.152. The largest absolute Gasteiger partial charge is 0.335 e. The van der Waals surface area contributed by atoms with Crippen LogP contribution in [0.5, 0.6) is 0 Å². The Morgan fingerprint density at radius 3 is 2.88 bits per heavy atom. The number of aromatic amines is 1. The van der Waals surface area contributed by atoms with Gasteiger partial charge in [0, 0.05) is 30.2 Å². The van der Waals surface area contributed by atoms with E-state index in [1.54, 1.807) is 0 Å². The summed E-state index contributed by atoms with van der Waals surface area (Å²) in [5, 5.41) is 12.9. The second-order valence-electron chi connectivity index (χ2n) is 6.85. The van der Waals surface area contributed by atoms with E-state index in [0.29, 0.717) is 6.42 Å². The zero-order chi connectivity index (χ0) is 17.6. The van der Waals surface area contributed by atoms with Crippen LogP contribution >= 0.6 is 0 Å². The fourth-order valence-electron chi connectivity index (χ4n) is 4.04. The minimum Gasteiger partial charge on any atom is -0.335 e. The average Bonchev–Trinajstić information content (AvgIpc) is 3.27. The van der Waals surface area contributed by atoms with E-state index in [4.69, 9.17) is 0 Å². The summed E-state index contributed by atoms with van der Waals surface area (Å²) >= 11 is 0. The highest BCUT2D eigenvalue weighted by Crippen LogP contribution is 2.35. The van der Waals surface area contributed by atoms with Crippen LogP contribution in [-0.2, 0) is 18.3 Å². The third-order valence-electron chi connectivity index (χ3n) is 5.34. The molecular weight excluding hydrogens is 314 g/mol. The van der Waals surface area contributed by atoms with Gasteiger partial charge in [0.25, 0.3) is 0 Å². The van der Waals surface area contributed by atoms with Crippen LogP contribution in [0, 0.1) is 13.8 Å².